The molecule has 0 spiro atoms. The molecule has 0 radical (unpaired) electrons. The van der Waals surface area contributed by atoms with Crippen LogP contribution in [-0.2, 0) is 12.3 Å². The lowest BCUT2D eigenvalue weighted by molar-refractivity contribution is 0.730. The average molecular weight is 392 g/mol. The summed E-state index contributed by atoms with van der Waals surface area (Å²) < 4.78 is 2.05. The Morgan fingerprint density at radius 1 is 1.07 bits per heavy atom. The molecule has 134 valence electrons. The van der Waals surface area contributed by atoms with Crippen LogP contribution in [0.5, 0.6) is 0 Å². The van der Waals surface area contributed by atoms with Crippen molar-refractivity contribution in [3.63, 3.8) is 0 Å². The fourth-order valence-electron chi connectivity index (χ4n) is 2.62. The van der Waals surface area contributed by atoms with E-state index in [1.165, 1.54) is 0 Å². The van der Waals surface area contributed by atoms with Gasteiger partial charge in [-0.25, -0.2) is 4.98 Å². The first kappa shape index (κ1) is 17.6. The molecule has 1 aromatic carbocycles. The van der Waals surface area contributed by atoms with E-state index in [4.69, 9.17) is 4.98 Å². The largest absolute Gasteiger partial charge is 0.298 e. The molecule has 0 aliphatic heterocycles. The van der Waals surface area contributed by atoms with Crippen molar-refractivity contribution < 1.29 is 0 Å². The third kappa shape index (κ3) is 3.99. The lowest BCUT2D eigenvalue weighted by Crippen LogP contribution is -2.01. The summed E-state index contributed by atoms with van der Waals surface area (Å²) in [5.74, 6) is 1.54. The monoisotopic (exact) mass is 391 g/mol. The van der Waals surface area contributed by atoms with Crippen LogP contribution < -0.4 is 0 Å². The minimum absolute atomic E-state index is 0.645. The molecule has 0 aliphatic carbocycles. The minimum Gasteiger partial charge on any atom is -0.298 e. The normalized spacial score (nSPS) is 10.8. The van der Waals surface area contributed by atoms with Crippen LogP contribution >= 0.6 is 23.1 Å². The second-order valence-electron chi connectivity index (χ2n) is 5.75. The van der Waals surface area contributed by atoms with Gasteiger partial charge in [0.05, 0.1) is 5.69 Å². The van der Waals surface area contributed by atoms with E-state index in [2.05, 4.69) is 43.8 Å². The predicted octanol–water partition coefficient (Wildman–Crippen LogP) is 4.94. The molecule has 0 bridgehead atoms. The molecule has 0 atom stereocenters. The van der Waals surface area contributed by atoms with Gasteiger partial charge in [0, 0.05) is 41.2 Å². The van der Waals surface area contributed by atoms with Gasteiger partial charge in [0.2, 0.25) is 0 Å². The standard InChI is InChI=1S/C20H17N5S2/c1-2-11-25-18(16-9-6-10-21-12-16)23-24-20(25)27-14-17-13-26-19(22-17)15-7-4-3-5-8-15/h2-10,12-13H,1,11,14H2. The fraction of sp³-hybridized carbons (Fsp3) is 0.100. The highest BCUT2D eigenvalue weighted by Gasteiger charge is 2.14. The number of hydrogen-bond acceptors (Lipinski definition) is 6. The van der Waals surface area contributed by atoms with Crippen molar-refractivity contribution in [3.05, 3.63) is 78.6 Å². The highest BCUT2D eigenvalue weighted by Crippen LogP contribution is 2.29. The van der Waals surface area contributed by atoms with E-state index in [-0.39, 0.29) is 0 Å². The van der Waals surface area contributed by atoms with Gasteiger partial charge in [-0.2, -0.15) is 0 Å². The molecule has 0 fully saturated rings. The van der Waals surface area contributed by atoms with Gasteiger partial charge in [0.25, 0.3) is 0 Å². The number of thioether (sulfide) groups is 1. The first-order valence-electron chi connectivity index (χ1n) is 8.42. The molecule has 4 aromatic rings. The third-order valence-electron chi connectivity index (χ3n) is 3.87. The number of thiazole rings is 1. The molecule has 27 heavy (non-hydrogen) atoms. The van der Waals surface area contributed by atoms with Crippen molar-refractivity contribution in [2.45, 2.75) is 17.5 Å². The zero-order chi connectivity index (χ0) is 18.5. The summed E-state index contributed by atoms with van der Waals surface area (Å²) in [7, 11) is 0. The summed E-state index contributed by atoms with van der Waals surface area (Å²) >= 11 is 3.29. The van der Waals surface area contributed by atoms with Crippen LogP contribution in [0, 0.1) is 0 Å². The zero-order valence-electron chi connectivity index (χ0n) is 14.5. The van der Waals surface area contributed by atoms with E-state index >= 15 is 0 Å². The van der Waals surface area contributed by atoms with Crippen LogP contribution in [-0.4, -0.2) is 24.7 Å². The molecule has 0 N–H and O–H groups in total. The summed E-state index contributed by atoms with van der Waals surface area (Å²) in [6, 6.07) is 14.1. The number of allylic oxidation sites excluding steroid dienone is 1. The third-order valence-corrected chi connectivity index (χ3v) is 5.81. The van der Waals surface area contributed by atoms with E-state index in [0.29, 0.717) is 6.54 Å². The molecular weight excluding hydrogens is 374 g/mol. The van der Waals surface area contributed by atoms with Crippen LogP contribution in [0.15, 0.2) is 78.0 Å². The molecule has 3 heterocycles. The summed E-state index contributed by atoms with van der Waals surface area (Å²) in [6.45, 7) is 4.50. The highest BCUT2D eigenvalue weighted by molar-refractivity contribution is 7.98. The lowest BCUT2D eigenvalue weighted by atomic mass is 10.2. The zero-order valence-corrected chi connectivity index (χ0v) is 16.2. The van der Waals surface area contributed by atoms with Crippen molar-refractivity contribution in [1.29, 1.82) is 0 Å². The maximum absolute atomic E-state index is 4.75. The quantitative estimate of drug-likeness (QED) is 0.330. The van der Waals surface area contributed by atoms with Crippen molar-refractivity contribution in [2.24, 2.45) is 0 Å². The summed E-state index contributed by atoms with van der Waals surface area (Å²) in [5.41, 5.74) is 3.13. The summed E-state index contributed by atoms with van der Waals surface area (Å²) in [6.07, 6.45) is 5.40. The van der Waals surface area contributed by atoms with E-state index in [1.54, 1.807) is 35.5 Å². The van der Waals surface area contributed by atoms with Gasteiger partial charge in [-0.3, -0.25) is 9.55 Å². The van der Waals surface area contributed by atoms with Crippen LogP contribution in [0.1, 0.15) is 5.69 Å². The number of rotatable bonds is 7. The Morgan fingerprint density at radius 3 is 2.70 bits per heavy atom. The molecule has 0 saturated heterocycles. The Balaban J connectivity index is 1.53. The van der Waals surface area contributed by atoms with Crippen LogP contribution in [0.25, 0.3) is 22.0 Å². The van der Waals surface area contributed by atoms with E-state index in [9.17, 15) is 0 Å². The molecule has 0 unspecified atom stereocenters. The van der Waals surface area contributed by atoms with Crippen molar-refractivity contribution >= 4 is 23.1 Å². The first-order valence-corrected chi connectivity index (χ1v) is 10.3. The molecule has 3 aromatic heterocycles. The predicted molar refractivity (Wildman–Crippen MR) is 111 cm³/mol. The van der Waals surface area contributed by atoms with Crippen molar-refractivity contribution in [2.75, 3.05) is 0 Å². The Morgan fingerprint density at radius 2 is 1.93 bits per heavy atom. The lowest BCUT2D eigenvalue weighted by Gasteiger charge is -2.06. The number of benzene rings is 1. The Kier molecular flexibility index (Phi) is 5.41. The van der Waals surface area contributed by atoms with E-state index in [1.807, 2.05) is 36.4 Å². The molecule has 7 heteroatoms. The first-order chi connectivity index (χ1) is 13.3. The molecule has 0 amide bonds. The van der Waals surface area contributed by atoms with Crippen LogP contribution in [0.4, 0.5) is 0 Å². The SMILES string of the molecule is C=CCn1c(SCc2csc(-c3ccccc3)n2)nnc1-c1cccnc1. The summed E-state index contributed by atoms with van der Waals surface area (Å²) in [4.78, 5) is 8.92. The fourth-order valence-corrected chi connectivity index (χ4v) is 4.39. The Hall–Kier alpha value is -2.77. The van der Waals surface area contributed by atoms with Crippen molar-refractivity contribution in [3.8, 4) is 22.0 Å². The number of aromatic nitrogens is 5. The summed E-state index contributed by atoms with van der Waals surface area (Å²) in [5, 5.41) is 12.7. The molecule has 5 nitrogen and oxygen atoms in total. The van der Waals surface area contributed by atoms with Gasteiger partial charge in [-0.15, -0.1) is 28.1 Å². The highest BCUT2D eigenvalue weighted by atomic mass is 32.2. The Bertz CT molecular complexity index is 1020. The smallest absolute Gasteiger partial charge is 0.192 e. The van der Waals surface area contributed by atoms with Gasteiger partial charge < -0.3 is 0 Å². The second kappa shape index (κ2) is 8.28. The van der Waals surface area contributed by atoms with E-state index in [0.717, 1.165) is 38.6 Å². The molecule has 0 aliphatic rings. The average Bonchev–Trinajstić information content (AvgIpc) is 3.35. The van der Waals surface area contributed by atoms with Crippen LogP contribution in [0.3, 0.4) is 0 Å². The van der Waals surface area contributed by atoms with Gasteiger partial charge in [0.15, 0.2) is 11.0 Å². The second-order valence-corrected chi connectivity index (χ2v) is 7.55. The molecule has 4 rings (SSSR count). The number of hydrogen-bond donors (Lipinski definition) is 0. The van der Waals surface area contributed by atoms with E-state index < -0.39 is 0 Å². The maximum atomic E-state index is 4.75. The van der Waals surface area contributed by atoms with Gasteiger partial charge in [0.1, 0.15) is 5.01 Å². The Labute approximate surface area is 165 Å². The minimum atomic E-state index is 0.645. The number of pyridine rings is 1. The number of nitrogens with zero attached hydrogens (tertiary/aromatic N) is 5. The molecular formula is C20H17N5S2. The topological polar surface area (TPSA) is 56.5 Å². The van der Waals surface area contributed by atoms with Gasteiger partial charge in [-0.05, 0) is 12.1 Å². The van der Waals surface area contributed by atoms with Gasteiger partial charge >= 0.3 is 0 Å². The van der Waals surface area contributed by atoms with Crippen LogP contribution in [0.2, 0.25) is 0 Å². The van der Waals surface area contributed by atoms with Crippen molar-refractivity contribution in [1.82, 2.24) is 24.7 Å². The molecule has 0 saturated carbocycles. The van der Waals surface area contributed by atoms with Gasteiger partial charge in [-0.1, -0.05) is 48.2 Å². The maximum Gasteiger partial charge on any atom is 0.192 e.